The van der Waals surface area contributed by atoms with Crippen molar-refractivity contribution in [2.45, 2.75) is 18.0 Å². The Morgan fingerprint density at radius 1 is 1.03 bits per heavy atom. The Morgan fingerprint density at radius 2 is 1.72 bits per heavy atom. The molecule has 0 aliphatic carbocycles. The van der Waals surface area contributed by atoms with Crippen LogP contribution in [0.4, 0.5) is 4.39 Å². The second-order valence-electron chi connectivity index (χ2n) is 6.96. The predicted molar refractivity (Wildman–Crippen MR) is 120 cm³/mol. The van der Waals surface area contributed by atoms with Gasteiger partial charge in [-0.25, -0.2) is 12.8 Å². The Kier molecular flexibility index (Phi) is 7.84. The van der Waals surface area contributed by atoms with Gasteiger partial charge in [0.2, 0.25) is 15.9 Å². The van der Waals surface area contributed by atoms with Crippen LogP contribution >= 0.6 is 11.6 Å². The van der Waals surface area contributed by atoms with Crippen LogP contribution in [0.1, 0.15) is 11.1 Å². The molecule has 9 heteroatoms. The molecular formula is C23H22ClFN2O4S. The van der Waals surface area contributed by atoms with Crippen LogP contribution in [0, 0.1) is 5.82 Å². The van der Waals surface area contributed by atoms with Crippen LogP contribution in [0.5, 0.6) is 5.75 Å². The third-order valence-electron chi connectivity index (χ3n) is 4.67. The lowest BCUT2D eigenvalue weighted by atomic mass is 10.2. The van der Waals surface area contributed by atoms with Crippen molar-refractivity contribution in [3.8, 4) is 5.75 Å². The third-order valence-corrected chi connectivity index (χ3v) is 6.72. The molecule has 0 fully saturated rings. The van der Waals surface area contributed by atoms with E-state index >= 15 is 0 Å². The fourth-order valence-electron chi connectivity index (χ4n) is 3.02. The van der Waals surface area contributed by atoms with Crippen molar-refractivity contribution in [3.05, 3.63) is 94.8 Å². The molecule has 0 aliphatic heterocycles. The van der Waals surface area contributed by atoms with Crippen molar-refractivity contribution in [2.75, 3.05) is 13.7 Å². The second-order valence-corrected chi connectivity index (χ2v) is 9.30. The Hall–Kier alpha value is -2.94. The van der Waals surface area contributed by atoms with Crippen LogP contribution in [-0.4, -0.2) is 32.3 Å². The monoisotopic (exact) mass is 476 g/mol. The first kappa shape index (κ1) is 23.7. The number of rotatable bonds is 9. The molecule has 3 rings (SSSR count). The molecule has 3 aromatic rings. The van der Waals surface area contributed by atoms with E-state index in [4.69, 9.17) is 16.3 Å². The van der Waals surface area contributed by atoms with Crippen molar-refractivity contribution < 1.29 is 22.3 Å². The molecule has 0 spiro atoms. The number of benzene rings is 3. The molecule has 32 heavy (non-hydrogen) atoms. The number of halogens is 2. The Labute approximate surface area is 191 Å². The Bertz CT molecular complexity index is 1170. The first-order valence-corrected chi connectivity index (χ1v) is 11.5. The van der Waals surface area contributed by atoms with E-state index in [0.717, 1.165) is 4.31 Å². The number of nitrogens with zero attached hydrogens (tertiary/aromatic N) is 1. The van der Waals surface area contributed by atoms with Crippen molar-refractivity contribution in [3.63, 3.8) is 0 Å². The quantitative estimate of drug-likeness (QED) is 0.506. The van der Waals surface area contributed by atoms with Gasteiger partial charge in [0, 0.05) is 18.1 Å². The second kappa shape index (κ2) is 10.6. The topological polar surface area (TPSA) is 75.7 Å². The van der Waals surface area contributed by atoms with Gasteiger partial charge in [-0.2, -0.15) is 4.31 Å². The van der Waals surface area contributed by atoms with Crippen molar-refractivity contribution in [1.29, 1.82) is 0 Å². The fraction of sp³-hybridized carbons (Fsp3) is 0.174. The molecule has 6 nitrogen and oxygen atoms in total. The lowest BCUT2D eigenvalue weighted by Gasteiger charge is -2.23. The summed E-state index contributed by atoms with van der Waals surface area (Å²) in [6.07, 6.45) is 0. The van der Waals surface area contributed by atoms with Gasteiger partial charge >= 0.3 is 0 Å². The zero-order chi connectivity index (χ0) is 23.1. The third kappa shape index (κ3) is 6.06. The maximum Gasteiger partial charge on any atom is 0.247 e. The molecule has 0 saturated heterocycles. The molecular weight excluding hydrogens is 455 g/mol. The summed E-state index contributed by atoms with van der Waals surface area (Å²) in [5, 5.41) is 2.90. The number of sulfonamides is 1. The number of hydrogen-bond acceptors (Lipinski definition) is 4. The maximum absolute atomic E-state index is 13.5. The predicted octanol–water partition coefficient (Wildman–Crippen LogP) is 4.00. The summed E-state index contributed by atoms with van der Waals surface area (Å²) < 4.78 is 46.3. The van der Waals surface area contributed by atoms with E-state index in [9.17, 15) is 17.6 Å². The smallest absolute Gasteiger partial charge is 0.247 e. The van der Waals surface area contributed by atoms with E-state index in [1.54, 1.807) is 36.4 Å². The maximum atomic E-state index is 13.5. The number of carbonyl (C=O) groups is 1. The number of hydrogen-bond donors (Lipinski definition) is 1. The van der Waals surface area contributed by atoms with E-state index in [1.165, 1.54) is 37.4 Å². The highest BCUT2D eigenvalue weighted by molar-refractivity contribution is 7.89. The summed E-state index contributed by atoms with van der Waals surface area (Å²) in [4.78, 5) is 12.5. The highest BCUT2D eigenvalue weighted by Gasteiger charge is 2.30. The van der Waals surface area contributed by atoms with Crippen LogP contribution in [-0.2, 0) is 27.9 Å². The Balaban J connectivity index is 1.85. The van der Waals surface area contributed by atoms with Crippen LogP contribution < -0.4 is 10.1 Å². The van der Waals surface area contributed by atoms with E-state index in [2.05, 4.69) is 5.32 Å². The largest absolute Gasteiger partial charge is 0.495 e. The number of carbonyl (C=O) groups excluding carboxylic acids is 1. The van der Waals surface area contributed by atoms with E-state index in [-0.39, 0.29) is 34.6 Å². The summed E-state index contributed by atoms with van der Waals surface area (Å²) >= 11 is 6.03. The standard InChI is InChI=1S/C23H22ClFN2O4S/c1-31-21-12-9-19(24)13-22(21)32(29,30)27(15-18-5-3-2-4-6-18)16-23(28)26-14-17-7-10-20(25)11-8-17/h2-13H,14-16H2,1H3,(H,26,28). The van der Waals surface area contributed by atoms with Crippen LogP contribution in [0.3, 0.4) is 0 Å². The van der Waals surface area contributed by atoms with Gasteiger partial charge in [0.15, 0.2) is 0 Å². The molecule has 0 bridgehead atoms. The van der Waals surface area contributed by atoms with Crippen molar-refractivity contribution in [1.82, 2.24) is 9.62 Å². The van der Waals surface area contributed by atoms with E-state index in [0.29, 0.717) is 11.1 Å². The molecule has 0 unspecified atom stereocenters. The van der Waals surface area contributed by atoms with Crippen LogP contribution in [0.15, 0.2) is 77.7 Å². The summed E-state index contributed by atoms with van der Waals surface area (Å²) in [7, 11) is -2.77. The average Bonchev–Trinajstić information content (AvgIpc) is 2.79. The molecule has 0 saturated carbocycles. The van der Waals surface area contributed by atoms with Gasteiger partial charge in [0.05, 0.1) is 13.7 Å². The fourth-order valence-corrected chi connectivity index (χ4v) is 4.83. The molecule has 0 heterocycles. The number of methoxy groups -OCH3 is 1. The molecule has 3 aromatic carbocycles. The lowest BCUT2D eigenvalue weighted by molar-refractivity contribution is -0.121. The average molecular weight is 477 g/mol. The van der Waals surface area contributed by atoms with Crippen molar-refractivity contribution in [2.24, 2.45) is 0 Å². The Morgan fingerprint density at radius 3 is 2.38 bits per heavy atom. The minimum atomic E-state index is -4.13. The molecule has 1 N–H and O–H groups in total. The molecule has 0 aliphatic rings. The normalized spacial score (nSPS) is 11.4. The summed E-state index contributed by atoms with van der Waals surface area (Å²) in [5.41, 5.74) is 1.40. The van der Waals surface area contributed by atoms with Crippen molar-refractivity contribution >= 4 is 27.5 Å². The molecule has 168 valence electrons. The highest BCUT2D eigenvalue weighted by Crippen LogP contribution is 2.30. The van der Waals surface area contributed by atoms with Crippen LogP contribution in [0.2, 0.25) is 5.02 Å². The van der Waals surface area contributed by atoms with E-state index in [1.807, 2.05) is 6.07 Å². The number of amides is 1. The van der Waals surface area contributed by atoms with Gasteiger partial charge in [-0.15, -0.1) is 0 Å². The SMILES string of the molecule is COc1ccc(Cl)cc1S(=O)(=O)N(CC(=O)NCc1ccc(F)cc1)Cc1ccccc1. The molecule has 1 amide bonds. The highest BCUT2D eigenvalue weighted by atomic mass is 35.5. The van der Waals surface area contributed by atoms with Gasteiger partial charge in [-0.1, -0.05) is 54.1 Å². The zero-order valence-electron chi connectivity index (χ0n) is 17.3. The van der Waals surface area contributed by atoms with Gasteiger partial charge in [-0.05, 0) is 41.5 Å². The summed E-state index contributed by atoms with van der Waals surface area (Å²) in [6, 6.07) is 18.9. The minimum Gasteiger partial charge on any atom is -0.495 e. The first-order valence-electron chi connectivity index (χ1n) is 9.68. The number of nitrogens with one attached hydrogen (secondary N) is 1. The first-order chi connectivity index (χ1) is 15.3. The van der Waals surface area contributed by atoms with Gasteiger partial charge < -0.3 is 10.1 Å². The zero-order valence-corrected chi connectivity index (χ0v) is 18.9. The lowest BCUT2D eigenvalue weighted by Crippen LogP contribution is -2.40. The van der Waals surface area contributed by atoms with Gasteiger partial charge in [-0.3, -0.25) is 4.79 Å². The minimum absolute atomic E-state index is 0.0250. The molecule has 0 aromatic heterocycles. The molecule has 0 radical (unpaired) electrons. The summed E-state index contributed by atoms with van der Waals surface area (Å²) in [5.74, 6) is -0.760. The van der Waals surface area contributed by atoms with Gasteiger partial charge in [0.1, 0.15) is 16.5 Å². The summed E-state index contributed by atoms with van der Waals surface area (Å²) in [6.45, 7) is -0.310. The molecule has 0 atom stereocenters. The van der Waals surface area contributed by atoms with E-state index < -0.39 is 22.5 Å². The van der Waals surface area contributed by atoms with Crippen LogP contribution in [0.25, 0.3) is 0 Å². The van der Waals surface area contributed by atoms with Gasteiger partial charge in [0.25, 0.3) is 0 Å². The number of ether oxygens (including phenoxy) is 1.